The van der Waals surface area contributed by atoms with Crippen LogP contribution in [0.15, 0.2) is 59.5 Å². The molecule has 0 heterocycles. The molecule has 0 aromatic heterocycles. The van der Waals surface area contributed by atoms with Crippen LogP contribution < -0.4 is 5.32 Å². The third-order valence-corrected chi connectivity index (χ3v) is 2.96. The van der Waals surface area contributed by atoms with E-state index < -0.39 is 0 Å². The van der Waals surface area contributed by atoms with Gasteiger partial charge in [0, 0.05) is 10.6 Å². The van der Waals surface area contributed by atoms with E-state index in [1.807, 2.05) is 24.3 Å². The van der Waals surface area contributed by atoms with Crippen LogP contribution in [-0.2, 0) is 0 Å². The molecular formula is C14H17NS2. The van der Waals surface area contributed by atoms with E-state index >= 15 is 0 Å². The normalized spacial score (nSPS) is 9.12. The minimum Gasteiger partial charge on any atom is -0.355 e. The molecule has 0 aliphatic heterocycles. The van der Waals surface area contributed by atoms with E-state index in [0.29, 0.717) is 0 Å². The quantitative estimate of drug-likeness (QED) is 0.615. The Kier molecular flexibility index (Phi) is 6.67. The molecule has 0 aliphatic carbocycles. The number of anilines is 2. The largest absolute Gasteiger partial charge is 0.355 e. The predicted octanol–water partition coefficient (Wildman–Crippen LogP) is 4.70. The first kappa shape index (κ1) is 14.0. The highest BCUT2D eigenvalue weighted by atomic mass is 32.2. The molecule has 0 spiro atoms. The molecule has 0 radical (unpaired) electrons. The third-order valence-electron chi connectivity index (χ3n) is 2.16. The third kappa shape index (κ3) is 4.36. The first-order valence-corrected chi connectivity index (χ1v) is 7.42. The Morgan fingerprint density at radius 1 is 0.882 bits per heavy atom. The van der Waals surface area contributed by atoms with Gasteiger partial charge in [0.15, 0.2) is 0 Å². The van der Waals surface area contributed by atoms with Crippen LogP contribution in [0.4, 0.5) is 11.4 Å². The second kappa shape index (κ2) is 8.09. The van der Waals surface area contributed by atoms with Crippen molar-refractivity contribution < 1.29 is 0 Å². The second-order valence-corrected chi connectivity index (χ2v) is 4.04. The molecular weight excluding hydrogens is 246 g/mol. The molecule has 0 bridgehead atoms. The fraction of sp³-hybridized carbons (Fsp3) is 0.143. The molecule has 0 fully saturated rings. The van der Waals surface area contributed by atoms with Crippen LogP contribution in [-0.4, -0.2) is 12.5 Å². The van der Waals surface area contributed by atoms with E-state index in [1.165, 1.54) is 4.90 Å². The minimum atomic E-state index is 1.12. The Hall–Kier alpha value is -1.06. The molecule has 3 heteroatoms. The Balaban J connectivity index is 0.000000686. The number of hydrogen-bond donors (Lipinski definition) is 2. The van der Waals surface area contributed by atoms with Gasteiger partial charge in [-0.2, -0.15) is 12.6 Å². The van der Waals surface area contributed by atoms with Crippen LogP contribution in [0.5, 0.6) is 0 Å². The summed E-state index contributed by atoms with van der Waals surface area (Å²) in [5, 5.41) is 3.40. The maximum Gasteiger partial charge on any atom is 0.0522 e. The molecule has 0 aliphatic rings. The second-order valence-electron chi connectivity index (χ2n) is 3.19. The van der Waals surface area contributed by atoms with Crippen molar-refractivity contribution in [3.8, 4) is 0 Å². The van der Waals surface area contributed by atoms with Gasteiger partial charge in [-0.15, -0.1) is 11.8 Å². The summed E-state index contributed by atoms with van der Waals surface area (Å²) in [6.45, 7) is 0. The zero-order chi connectivity index (χ0) is 12.5. The van der Waals surface area contributed by atoms with Crippen molar-refractivity contribution in [2.45, 2.75) is 4.90 Å². The van der Waals surface area contributed by atoms with Crippen LogP contribution >= 0.6 is 24.4 Å². The molecule has 0 amide bonds. The number of hydrogen-bond acceptors (Lipinski definition) is 3. The molecule has 90 valence electrons. The smallest absolute Gasteiger partial charge is 0.0522 e. The lowest BCUT2D eigenvalue weighted by Crippen LogP contribution is -1.91. The molecule has 2 aromatic carbocycles. The zero-order valence-corrected chi connectivity index (χ0v) is 11.8. The van der Waals surface area contributed by atoms with Crippen LogP contribution in [0.3, 0.4) is 0 Å². The van der Waals surface area contributed by atoms with E-state index in [9.17, 15) is 0 Å². The van der Waals surface area contributed by atoms with E-state index in [2.05, 4.69) is 54.5 Å². The summed E-state index contributed by atoms with van der Waals surface area (Å²) in [4.78, 5) is 1.27. The molecule has 17 heavy (non-hydrogen) atoms. The van der Waals surface area contributed by atoms with Gasteiger partial charge in [0.1, 0.15) is 0 Å². The molecule has 0 saturated carbocycles. The van der Waals surface area contributed by atoms with Gasteiger partial charge in [-0.25, -0.2) is 0 Å². The van der Waals surface area contributed by atoms with Crippen LogP contribution in [0.2, 0.25) is 0 Å². The summed E-state index contributed by atoms with van der Waals surface area (Å²) < 4.78 is 0. The Morgan fingerprint density at radius 2 is 1.47 bits per heavy atom. The van der Waals surface area contributed by atoms with Crippen LogP contribution in [0.1, 0.15) is 0 Å². The van der Waals surface area contributed by atoms with Gasteiger partial charge in [0.05, 0.1) is 5.69 Å². The van der Waals surface area contributed by atoms with Crippen molar-refractivity contribution in [2.24, 2.45) is 0 Å². The Bertz CT molecular complexity index is 429. The van der Waals surface area contributed by atoms with Gasteiger partial charge in [-0.3, -0.25) is 0 Å². The molecule has 2 rings (SSSR count). The van der Waals surface area contributed by atoms with Crippen molar-refractivity contribution in [2.75, 3.05) is 17.8 Å². The lowest BCUT2D eigenvalue weighted by molar-refractivity contribution is 1.42. The fourth-order valence-corrected chi connectivity index (χ4v) is 1.98. The number of thioether (sulfide) groups is 1. The van der Waals surface area contributed by atoms with Crippen molar-refractivity contribution >= 4 is 35.8 Å². The van der Waals surface area contributed by atoms with Gasteiger partial charge < -0.3 is 5.32 Å². The van der Waals surface area contributed by atoms with E-state index in [1.54, 1.807) is 18.0 Å². The SMILES string of the molecule is CS.CSc1ccccc1Nc1ccccc1. The standard InChI is InChI=1S/C13H13NS.CH4S/c1-15-13-10-6-5-9-12(13)14-11-7-3-2-4-8-11;1-2/h2-10,14H,1H3;2H,1H3. The van der Waals surface area contributed by atoms with Gasteiger partial charge in [-0.1, -0.05) is 30.3 Å². The highest BCUT2D eigenvalue weighted by Crippen LogP contribution is 2.27. The zero-order valence-electron chi connectivity index (χ0n) is 10.1. The average molecular weight is 263 g/mol. The number of rotatable bonds is 3. The van der Waals surface area contributed by atoms with Crippen molar-refractivity contribution in [3.05, 3.63) is 54.6 Å². The lowest BCUT2D eigenvalue weighted by atomic mass is 10.3. The number of benzene rings is 2. The number of thiol groups is 1. The Morgan fingerprint density at radius 3 is 2.12 bits per heavy atom. The summed E-state index contributed by atoms with van der Waals surface area (Å²) in [5.41, 5.74) is 2.29. The van der Waals surface area contributed by atoms with Crippen LogP contribution in [0, 0.1) is 0 Å². The summed E-state index contributed by atoms with van der Waals surface area (Å²) in [6.07, 6.45) is 3.78. The molecule has 0 saturated heterocycles. The van der Waals surface area contributed by atoms with E-state index in [0.717, 1.165) is 11.4 Å². The fourth-order valence-electron chi connectivity index (χ4n) is 1.42. The summed E-state index contributed by atoms with van der Waals surface area (Å²) in [6, 6.07) is 18.5. The van der Waals surface area contributed by atoms with Crippen molar-refractivity contribution in [1.82, 2.24) is 0 Å². The molecule has 1 nitrogen and oxygen atoms in total. The van der Waals surface area contributed by atoms with Crippen molar-refractivity contribution in [1.29, 1.82) is 0 Å². The van der Waals surface area contributed by atoms with Gasteiger partial charge in [-0.05, 0) is 36.8 Å². The predicted molar refractivity (Wildman–Crippen MR) is 82.9 cm³/mol. The maximum absolute atomic E-state index is 3.53. The molecule has 0 atom stereocenters. The first-order valence-electron chi connectivity index (χ1n) is 5.30. The van der Waals surface area contributed by atoms with Crippen LogP contribution in [0.25, 0.3) is 0 Å². The van der Waals surface area contributed by atoms with Gasteiger partial charge in [0.2, 0.25) is 0 Å². The maximum atomic E-state index is 3.53. The molecule has 1 N–H and O–H groups in total. The van der Waals surface area contributed by atoms with Crippen molar-refractivity contribution in [3.63, 3.8) is 0 Å². The monoisotopic (exact) mass is 263 g/mol. The van der Waals surface area contributed by atoms with Gasteiger partial charge in [0.25, 0.3) is 0 Å². The summed E-state index contributed by atoms with van der Waals surface area (Å²) >= 11 is 5.28. The number of nitrogens with one attached hydrogen (secondary N) is 1. The van der Waals surface area contributed by atoms with E-state index in [-0.39, 0.29) is 0 Å². The topological polar surface area (TPSA) is 12.0 Å². The lowest BCUT2D eigenvalue weighted by Gasteiger charge is -2.09. The van der Waals surface area contributed by atoms with E-state index in [4.69, 9.17) is 0 Å². The summed E-state index contributed by atoms with van der Waals surface area (Å²) in [7, 11) is 0. The number of para-hydroxylation sites is 2. The molecule has 2 aromatic rings. The highest BCUT2D eigenvalue weighted by Gasteiger charge is 1.99. The molecule has 0 unspecified atom stereocenters. The van der Waals surface area contributed by atoms with Gasteiger partial charge >= 0.3 is 0 Å². The average Bonchev–Trinajstić information content (AvgIpc) is 2.43. The first-order chi connectivity index (χ1) is 8.40. The minimum absolute atomic E-state index is 1.12. The Labute approximate surface area is 113 Å². The summed E-state index contributed by atoms with van der Waals surface area (Å²) in [5.74, 6) is 0. The highest BCUT2D eigenvalue weighted by molar-refractivity contribution is 7.98.